The normalized spacial score (nSPS) is 9.08. The largest absolute Gasteiger partial charge is 0.478 e. The summed E-state index contributed by atoms with van der Waals surface area (Å²) in [6.07, 6.45) is 33.2. The first-order valence-electron chi connectivity index (χ1n) is 20.7. The molecule has 1 aromatic rings. The summed E-state index contributed by atoms with van der Waals surface area (Å²) in [4.78, 5) is 20.7. The predicted molar refractivity (Wildman–Crippen MR) is 219 cm³/mol. The van der Waals surface area contributed by atoms with E-state index in [0.29, 0.717) is 0 Å². The molecule has 0 unspecified atom stereocenters. The van der Waals surface area contributed by atoms with Crippen LogP contribution in [-0.2, 0) is 0 Å². The Hall–Kier alpha value is -1.84. The molecule has 0 saturated heterocycles. The Morgan fingerprint density at radius 3 is 0.479 bits per heavy atom. The van der Waals surface area contributed by atoms with Gasteiger partial charge in [0.2, 0.25) is 0 Å². The van der Waals surface area contributed by atoms with Crippen LogP contribution in [0.25, 0.3) is 0 Å². The second kappa shape index (κ2) is 60.5. The van der Waals surface area contributed by atoms with Crippen LogP contribution in [0.3, 0.4) is 0 Å². The van der Waals surface area contributed by atoms with Crippen LogP contribution >= 0.6 is 0 Å². The van der Waals surface area contributed by atoms with Gasteiger partial charge in [0, 0.05) is 0 Å². The molecule has 0 aliphatic heterocycles. The van der Waals surface area contributed by atoms with Gasteiger partial charge in [0.1, 0.15) is 0 Å². The van der Waals surface area contributed by atoms with Crippen LogP contribution in [0.2, 0.25) is 0 Å². The zero-order valence-electron chi connectivity index (χ0n) is 35.0. The van der Waals surface area contributed by atoms with Crippen LogP contribution in [0.1, 0.15) is 258 Å². The van der Waals surface area contributed by atoms with E-state index in [1.165, 1.54) is 178 Å². The molecule has 0 fully saturated rings. The van der Waals surface area contributed by atoms with Crippen molar-refractivity contribution in [2.24, 2.45) is 0 Å². The Kier molecular flexibility index (Phi) is 73.5. The second-order valence-electron chi connectivity index (χ2n) is 12.4. The molecule has 48 heavy (non-hydrogen) atoms. The molecule has 0 radical (unpaired) electrons. The molecule has 4 nitrogen and oxygen atoms in total. The highest BCUT2D eigenvalue weighted by atomic mass is 16.4. The van der Waals surface area contributed by atoms with Crippen LogP contribution in [0.15, 0.2) is 24.3 Å². The van der Waals surface area contributed by atoms with Gasteiger partial charge in [0.25, 0.3) is 0 Å². The van der Waals surface area contributed by atoms with Gasteiger partial charge in [0.05, 0.1) is 11.1 Å². The molecular weight excluding hydrogens is 592 g/mol. The molecule has 0 aliphatic carbocycles. The molecule has 0 heterocycles. The molecule has 2 N–H and O–H groups in total. The minimum Gasteiger partial charge on any atom is -0.478 e. The molecule has 0 amide bonds. The molecule has 0 atom stereocenters. The predicted octanol–water partition coefficient (Wildman–Crippen LogP) is 16.6. The summed E-state index contributed by atoms with van der Waals surface area (Å²) in [5, 5.41) is 16.9. The summed E-state index contributed by atoms with van der Waals surface area (Å²) in [6.45, 7) is 26.8. The van der Waals surface area contributed by atoms with Crippen molar-refractivity contribution < 1.29 is 19.8 Å². The Bertz CT molecular complexity index is 535. The minimum atomic E-state index is -1.06. The van der Waals surface area contributed by atoms with Gasteiger partial charge in [-0.05, 0) is 24.3 Å². The van der Waals surface area contributed by atoms with Crippen LogP contribution in [0.4, 0.5) is 0 Å². The van der Waals surface area contributed by atoms with Gasteiger partial charge < -0.3 is 10.2 Å². The number of carbonyl (C=O) groups is 2. The number of unbranched alkanes of at least 4 members (excludes halogenated alkanes) is 18. The molecule has 1 aromatic carbocycles. The first-order valence-corrected chi connectivity index (χ1v) is 20.7. The standard InChI is InChI=1S/C8H6O4.6C6H14/c9-7(10)5-1-2-6(4-3-5)8(11)12;6*1-3-5-6-4-2/h1-4H,(H,9,10)(H,11,12);6*3-6H2,1-2H3. The monoisotopic (exact) mass is 683 g/mol. The Labute approximate surface area is 303 Å². The fourth-order valence-corrected chi connectivity index (χ4v) is 3.76. The van der Waals surface area contributed by atoms with E-state index < -0.39 is 11.9 Å². The first-order chi connectivity index (χ1) is 23.1. The lowest BCUT2D eigenvalue weighted by molar-refractivity contribution is 0.0681. The molecule has 0 spiro atoms. The first kappa shape index (κ1) is 58.4. The highest BCUT2D eigenvalue weighted by molar-refractivity contribution is 5.91. The molecule has 0 aliphatic rings. The van der Waals surface area contributed by atoms with E-state index in [1.54, 1.807) is 0 Å². The highest BCUT2D eigenvalue weighted by Crippen LogP contribution is 2.04. The van der Waals surface area contributed by atoms with E-state index in [0.717, 1.165) is 0 Å². The number of carboxylic acid groups (broad SMARTS) is 2. The van der Waals surface area contributed by atoms with Crippen LogP contribution in [0, 0.1) is 0 Å². The van der Waals surface area contributed by atoms with Crippen molar-refractivity contribution >= 4 is 11.9 Å². The number of aromatic carboxylic acids is 2. The summed E-state index contributed by atoms with van der Waals surface area (Å²) in [5.74, 6) is -2.13. The number of hydrogen-bond acceptors (Lipinski definition) is 2. The molecule has 0 bridgehead atoms. The molecule has 290 valence electrons. The van der Waals surface area contributed by atoms with Gasteiger partial charge in [-0.15, -0.1) is 0 Å². The fraction of sp³-hybridized carbons (Fsp3) is 0.818. The number of benzene rings is 1. The van der Waals surface area contributed by atoms with Crippen molar-refractivity contribution in [3.63, 3.8) is 0 Å². The summed E-state index contributed by atoms with van der Waals surface area (Å²) in [7, 11) is 0. The van der Waals surface area contributed by atoms with Crippen molar-refractivity contribution in [2.45, 2.75) is 237 Å². The van der Waals surface area contributed by atoms with Crippen molar-refractivity contribution in [3.05, 3.63) is 35.4 Å². The van der Waals surface area contributed by atoms with Crippen molar-refractivity contribution in [3.8, 4) is 0 Å². The Morgan fingerprint density at radius 2 is 0.417 bits per heavy atom. The quantitative estimate of drug-likeness (QED) is 0.134. The summed E-state index contributed by atoms with van der Waals surface area (Å²) in [5.41, 5.74) is 0.167. The third kappa shape index (κ3) is 70.5. The maximum atomic E-state index is 10.3. The lowest BCUT2D eigenvalue weighted by atomic mass is 10.1. The molecular formula is C44H90O4. The van der Waals surface area contributed by atoms with Gasteiger partial charge >= 0.3 is 11.9 Å². The summed E-state index contributed by atoms with van der Waals surface area (Å²) >= 11 is 0. The van der Waals surface area contributed by atoms with Crippen LogP contribution in [-0.4, -0.2) is 22.2 Å². The van der Waals surface area contributed by atoms with E-state index in [-0.39, 0.29) is 11.1 Å². The lowest BCUT2D eigenvalue weighted by Gasteiger charge is -1.94. The van der Waals surface area contributed by atoms with E-state index >= 15 is 0 Å². The summed E-state index contributed by atoms with van der Waals surface area (Å²) in [6, 6.07) is 5.02. The van der Waals surface area contributed by atoms with Gasteiger partial charge in [-0.1, -0.05) is 237 Å². The van der Waals surface area contributed by atoms with Crippen LogP contribution < -0.4 is 0 Å². The zero-order chi connectivity index (χ0) is 38.1. The number of rotatable bonds is 20. The maximum Gasteiger partial charge on any atom is 0.335 e. The topological polar surface area (TPSA) is 74.6 Å². The third-order valence-corrected chi connectivity index (χ3v) is 7.12. The molecule has 0 saturated carbocycles. The van der Waals surface area contributed by atoms with E-state index in [4.69, 9.17) is 10.2 Å². The molecule has 4 heteroatoms. The van der Waals surface area contributed by atoms with E-state index in [1.807, 2.05) is 0 Å². The van der Waals surface area contributed by atoms with Crippen LogP contribution in [0.5, 0.6) is 0 Å². The van der Waals surface area contributed by atoms with Gasteiger partial charge in [-0.3, -0.25) is 0 Å². The average Bonchev–Trinajstić information content (AvgIpc) is 3.11. The van der Waals surface area contributed by atoms with Gasteiger partial charge in [0.15, 0.2) is 0 Å². The Balaban J connectivity index is -0.000000110. The van der Waals surface area contributed by atoms with E-state index in [2.05, 4.69) is 83.1 Å². The van der Waals surface area contributed by atoms with Gasteiger partial charge in [-0.2, -0.15) is 0 Å². The molecule has 1 rings (SSSR count). The average molecular weight is 683 g/mol. The summed E-state index contributed by atoms with van der Waals surface area (Å²) < 4.78 is 0. The lowest BCUT2D eigenvalue weighted by Crippen LogP contribution is -1.99. The molecule has 0 aromatic heterocycles. The van der Waals surface area contributed by atoms with Crippen molar-refractivity contribution in [2.75, 3.05) is 0 Å². The zero-order valence-corrected chi connectivity index (χ0v) is 35.0. The van der Waals surface area contributed by atoms with Crippen molar-refractivity contribution in [1.82, 2.24) is 0 Å². The maximum absolute atomic E-state index is 10.3. The van der Waals surface area contributed by atoms with E-state index in [9.17, 15) is 9.59 Å². The third-order valence-electron chi connectivity index (χ3n) is 7.12. The smallest absolute Gasteiger partial charge is 0.335 e. The van der Waals surface area contributed by atoms with Crippen molar-refractivity contribution in [1.29, 1.82) is 0 Å². The fourth-order valence-electron chi connectivity index (χ4n) is 3.76. The number of carboxylic acids is 2. The minimum absolute atomic E-state index is 0.0833. The Morgan fingerprint density at radius 1 is 0.312 bits per heavy atom. The van der Waals surface area contributed by atoms with Gasteiger partial charge in [-0.25, -0.2) is 9.59 Å². The number of hydrogen-bond donors (Lipinski definition) is 2. The second-order valence-corrected chi connectivity index (χ2v) is 12.4. The SMILES string of the molecule is CCCCCC.CCCCCC.CCCCCC.CCCCCC.CCCCCC.CCCCCC.O=C(O)c1ccc(C(=O)O)cc1. The highest BCUT2D eigenvalue weighted by Gasteiger charge is 2.04.